The Morgan fingerprint density at radius 3 is 2.14 bits per heavy atom. The number of thioether (sulfide) groups is 1. The summed E-state index contributed by atoms with van der Waals surface area (Å²) < 4.78 is 0. The molecule has 0 radical (unpaired) electrons. The second-order valence-electron chi connectivity index (χ2n) is 10.2. The Morgan fingerprint density at radius 2 is 1.55 bits per heavy atom. The second-order valence-corrected chi connectivity index (χ2v) is 11.3. The highest BCUT2D eigenvalue weighted by Gasteiger charge is 2.39. The molecule has 7 nitrogen and oxygen atoms in total. The van der Waals surface area contributed by atoms with Crippen LogP contribution in [0.3, 0.4) is 0 Å². The summed E-state index contributed by atoms with van der Waals surface area (Å²) in [5, 5.41) is 21.8. The topological polar surface area (TPSA) is 107 Å². The zero-order valence-corrected chi connectivity index (χ0v) is 25.7. The van der Waals surface area contributed by atoms with E-state index in [2.05, 4.69) is 73.0 Å². The maximum Gasteiger partial charge on any atom is 0.339 e. The minimum Gasteiger partial charge on any atom is -0.507 e. The van der Waals surface area contributed by atoms with E-state index in [0.29, 0.717) is 17.9 Å². The molecule has 228 valence electrons. The first-order chi connectivity index (χ1) is 20.3. The van der Waals surface area contributed by atoms with Crippen molar-refractivity contribution < 1.29 is 24.6 Å². The number of nitrogens with one attached hydrogen (secondary N) is 1. The molecule has 3 N–H and O–H groups in total. The first kappa shape index (κ1) is 34.7. The molecule has 1 heterocycles. The van der Waals surface area contributed by atoms with E-state index in [0.717, 1.165) is 57.1 Å². The number of benzene rings is 1. The van der Waals surface area contributed by atoms with Gasteiger partial charge in [0.05, 0.1) is 5.75 Å². The molecule has 0 spiro atoms. The van der Waals surface area contributed by atoms with Gasteiger partial charge in [-0.2, -0.15) is 11.8 Å². The van der Waals surface area contributed by atoms with Gasteiger partial charge in [-0.1, -0.05) is 67.7 Å². The molecule has 1 saturated heterocycles. The molecule has 2 amide bonds. The highest BCUT2D eigenvalue weighted by Crippen LogP contribution is 2.30. The molecule has 0 saturated carbocycles. The van der Waals surface area contributed by atoms with E-state index in [-0.39, 0.29) is 29.2 Å². The number of carbonyl (C=O) groups excluding carboxylic acids is 2. The number of hydrogen-bond donors (Lipinski definition) is 3. The Hall–Kier alpha value is -3.52. The van der Waals surface area contributed by atoms with E-state index in [1.54, 1.807) is 11.8 Å². The van der Waals surface area contributed by atoms with Crippen LogP contribution in [-0.4, -0.2) is 51.6 Å². The molecule has 1 fully saturated rings. The molecule has 1 aliphatic heterocycles. The standard InChI is InChI=1S/C34H46N2O5S/c1-3-4-5-6-7-8-9-10-11-12-13-14-15-16-17-18-19-20-23-42-26-32(38)35-30-24-27(2)36(33(30)39)28-21-22-31(37)29(25-28)34(40)41/h4-5,7-8,10-11,13-14,16-17,21-22,25,27,30,37H,3,6,9,12,15,18-20,23-24,26H2,1-2H3,(H,35,38)(H,40,41)/b5-4-,8-7-,11-10-,14-13-,17-16-. The molecule has 1 aromatic rings. The van der Waals surface area contributed by atoms with Crippen LogP contribution in [0.1, 0.15) is 82.0 Å². The normalized spacial score (nSPS) is 17.7. The van der Waals surface area contributed by atoms with Gasteiger partial charge in [-0.3, -0.25) is 9.59 Å². The number of hydrogen-bond acceptors (Lipinski definition) is 5. The summed E-state index contributed by atoms with van der Waals surface area (Å²) in [5.74, 6) is -0.909. The quantitative estimate of drug-likeness (QED) is 0.114. The number of allylic oxidation sites excluding steroid dienone is 10. The molecule has 1 aromatic carbocycles. The maximum absolute atomic E-state index is 13.0. The number of rotatable bonds is 19. The summed E-state index contributed by atoms with van der Waals surface area (Å²) in [5.41, 5.74) is 0.124. The van der Waals surface area contributed by atoms with Gasteiger partial charge in [-0.15, -0.1) is 0 Å². The summed E-state index contributed by atoms with van der Waals surface area (Å²) >= 11 is 1.56. The molecule has 1 aliphatic rings. The van der Waals surface area contributed by atoms with E-state index in [1.165, 1.54) is 23.1 Å². The first-order valence-corrected chi connectivity index (χ1v) is 16.0. The van der Waals surface area contributed by atoms with Gasteiger partial charge in [0.2, 0.25) is 11.8 Å². The summed E-state index contributed by atoms with van der Waals surface area (Å²) in [6.45, 7) is 3.99. The van der Waals surface area contributed by atoms with Gasteiger partial charge < -0.3 is 20.4 Å². The SMILES string of the molecule is CC/C=C\C/C=C\C/C=C\C/C=C\C/C=C\CCCCSCC(=O)NC1CC(C)N(c2ccc(O)c(C(=O)O)c2)C1=O. The monoisotopic (exact) mass is 594 g/mol. The minimum atomic E-state index is -1.27. The van der Waals surface area contributed by atoms with E-state index in [1.807, 2.05) is 6.92 Å². The Labute approximate surface area is 255 Å². The summed E-state index contributed by atoms with van der Waals surface area (Å²) in [6.07, 6.45) is 30.5. The fraction of sp³-hybridized carbons (Fsp3) is 0.441. The van der Waals surface area contributed by atoms with Crippen molar-refractivity contribution in [2.45, 2.75) is 83.7 Å². The largest absolute Gasteiger partial charge is 0.507 e. The lowest BCUT2D eigenvalue weighted by Crippen LogP contribution is -2.42. The van der Waals surface area contributed by atoms with E-state index in [4.69, 9.17) is 0 Å². The average Bonchev–Trinajstić information content (AvgIpc) is 3.24. The third-order valence-corrected chi connectivity index (χ3v) is 7.72. The number of phenols is 1. The average molecular weight is 595 g/mol. The predicted molar refractivity (Wildman–Crippen MR) is 174 cm³/mol. The molecule has 2 atom stereocenters. The van der Waals surface area contributed by atoms with Crippen LogP contribution in [0.4, 0.5) is 5.69 Å². The van der Waals surface area contributed by atoms with E-state index < -0.39 is 12.0 Å². The van der Waals surface area contributed by atoms with Crippen molar-refractivity contribution in [3.05, 3.63) is 84.5 Å². The molecule has 8 heteroatoms. The maximum atomic E-state index is 13.0. The zero-order chi connectivity index (χ0) is 30.6. The molecule has 0 bridgehead atoms. The molecular weight excluding hydrogens is 548 g/mol. The molecule has 2 unspecified atom stereocenters. The summed E-state index contributed by atoms with van der Waals surface area (Å²) in [7, 11) is 0. The van der Waals surface area contributed by atoms with Gasteiger partial charge in [0.25, 0.3) is 0 Å². The van der Waals surface area contributed by atoms with E-state index in [9.17, 15) is 24.6 Å². The van der Waals surface area contributed by atoms with Crippen molar-refractivity contribution in [2.75, 3.05) is 16.4 Å². The minimum absolute atomic E-state index is 0.179. The highest BCUT2D eigenvalue weighted by molar-refractivity contribution is 7.99. The number of carbonyl (C=O) groups is 3. The van der Waals surface area contributed by atoms with Crippen molar-refractivity contribution in [1.29, 1.82) is 0 Å². The molecule has 0 aromatic heterocycles. The fourth-order valence-corrected chi connectivity index (χ4v) is 5.34. The Bertz CT molecular complexity index is 1150. The van der Waals surface area contributed by atoms with Gasteiger partial charge >= 0.3 is 5.97 Å². The number of carboxylic acid groups (broad SMARTS) is 1. The van der Waals surface area contributed by atoms with Crippen molar-refractivity contribution >= 4 is 35.2 Å². The number of carboxylic acids is 1. The van der Waals surface area contributed by atoms with Gasteiger partial charge in [0, 0.05) is 11.7 Å². The van der Waals surface area contributed by atoms with Gasteiger partial charge in [-0.25, -0.2) is 4.79 Å². The van der Waals surface area contributed by atoms with Crippen LogP contribution < -0.4 is 10.2 Å². The van der Waals surface area contributed by atoms with Crippen LogP contribution in [0, 0.1) is 0 Å². The highest BCUT2D eigenvalue weighted by atomic mass is 32.2. The summed E-state index contributed by atoms with van der Waals surface area (Å²) in [4.78, 5) is 38.2. The number of amides is 2. The van der Waals surface area contributed by atoms with Crippen molar-refractivity contribution in [3.8, 4) is 5.75 Å². The Balaban J connectivity index is 1.54. The van der Waals surface area contributed by atoms with Crippen LogP contribution in [0.25, 0.3) is 0 Å². The van der Waals surface area contributed by atoms with Crippen molar-refractivity contribution in [1.82, 2.24) is 5.32 Å². The van der Waals surface area contributed by atoms with E-state index >= 15 is 0 Å². The lowest BCUT2D eigenvalue weighted by atomic mass is 10.1. The van der Waals surface area contributed by atoms with Crippen LogP contribution in [-0.2, 0) is 9.59 Å². The van der Waals surface area contributed by atoms with Crippen molar-refractivity contribution in [2.24, 2.45) is 0 Å². The lowest BCUT2D eigenvalue weighted by molar-refractivity contribution is -0.124. The van der Waals surface area contributed by atoms with Gasteiger partial charge in [0.1, 0.15) is 17.4 Å². The third kappa shape index (κ3) is 13.0. The Kier molecular flexibility index (Phi) is 16.8. The number of unbranched alkanes of at least 4 members (excludes halogenated alkanes) is 2. The zero-order valence-electron chi connectivity index (χ0n) is 24.9. The fourth-order valence-electron chi connectivity index (χ4n) is 4.52. The smallest absolute Gasteiger partial charge is 0.339 e. The Morgan fingerprint density at radius 1 is 0.952 bits per heavy atom. The van der Waals surface area contributed by atoms with Crippen LogP contribution >= 0.6 is 11.8 Å². The van der Waals surface area contributed by atoms with Crippen LogP contribution in [0.15, 0.2) is 79.0 Å². The van der Waals surface area contributed by atoms with Crippen LogP contribution in [0.2, 0.25) is 0 Å². The number of aromatic hydroxyl groups is 1. The van der Waals surface area contributed by atoms with Crippen LogP contribution in [0.5, 0.6) is 5.75 Å². The molecule has 0 aliphatic carbocycles. The summed E-state index contributed by atoms with van der Waals surface area (Å²) in [6, 6.07) is 3.20. The first-order valence-electron chi connectivity index (χ1n) is 14.9. The third-order valence-electron chi connectivity index (χ3n) is 6.68. The molecule has 2 rings (SSSR count). The van der Waals surface area contributed by atoms with Gasteiger partial charge in [0.15, 0.2) is 0 Å². The van der Waals surface area contributed by atoms with Crippen molar-refractivity contribution in [3.63, 3.8) is 0 Å². The molecule has 42 heavy (non-hydrogen) atoms. The molecular formula is C34H46N2O5S. The number of anilines is 1. The number of aromatic carboxylic acids is 1. The second kappa shape index (κ2) is 20.4. The van der Waals surface area contributed by atoms with Gasteiger partial charge in [-0.05, 0) is 88.7 Å². The number of nitrogens with zero attached hydrogens (tertiary/aromatic N) is 1. The predicted octanol–water partition coefficient (Wildman–Crippen LogP) is 7.36. The lowest BCUT2D eigenvalue weighted by Gasteiger charge is -2.22.